The highest BCUT2D eigenvalue weighted by Gasteiger charge is 2.06. The molecule has 0 aliphatic heterocycles. The van der Waals surface area contributed by atoms with E-state index in [2.05, 4.69) is 39.9 Å². The van der Waals surface area contributed by atoms with E-state index in [1.807, 2.05) is 19.1 Å². The molecule has 3 rings (SSSR count). The minimum atomic E-state index is 0.311. The molecule has 9 heteroatoms. The predicted molar refractivity (Wildman–Crippen MR) is 67.5 cm³/mol. The van der Waals surface area contributed by atoms with E-state index in [1.54, 1.807) is 6.21 Å². The van der Waals surface area contributed by atoms with Gasteiger partial charge in [0.1, 0.15) is 11.0 Å². The summed E-state index contributed by atoms with van der Waals surface area (Å²) in [5, 5.41) is 17.2. The van der Waals surface area contributed by atoms with Gasteiger partial charge < -0.3 is 0 Å². The number of hydrazone groups is 1. The van der Waals surface area contributed by atoms with Crippen LogP contribution >= 0.6 is 11.7 Å². The van der Waals surface area contributed by atoms with E-state index in [1.165, 1.54) is 11.7 Å². The van der Waals surface area contributed by atoms with Crippen LogP contribution in [0.25, 0.3) is 11.0 Å². The molecule has 0 spiro atoms. The highest BCUT2D eigenvalue weighted by atomic mass is 32.1. The van der Waals surface area contributed by atoms with Gasteiger partial charge in [-0.15, -0.1) is 5.10 Å². The third-order valence-electron chi connectivity index (χ3n) is 2.36. The fourth-order valence-electron chi connectivity index (χ4n) is 1.48. The van der Waals surface area contributed by atoms with E-state index in [4.69, 9.17) is 0 Å². The number of hydrogen-bond donors (Lipinski definition) is 2. The fourth-order valence-corrected chi connectivity index (χ4v) is 2.11. The lowest BCUT2D eigenvalue weighted by atomic mass is 10.1. The number of tetrazole rings is 1. The topological polar surface area (TPSA) is 105 Å². The summed E-state index contributed by atoms with van der Waals surface area (Å²) in [4.78, 5) is 0. The molecule has 0 aliphatic carbocycles. The Hall–Kier alpha value is -2.42. The van der Waals surface area contributed by atoms with Gasteiger partial charge in [-0.1, -0.05) is 17.2 Å². The van der Waals surface area contributed by atoms with Crippen molar-refractivity contribution in [2.24, 2.45) is 5.10 Å². The van der Waals surface area contributed by atoms with Gasteiger partial charge in [-0.3, -0.25) is 0 Å². The summed E-state index contributed by atoms with van der Waals surface area (Å²) < 4.78 is 8.50. The first-order valence-corrected chi connectivity index (χ1v) is 5.82. The normalized spacial score (nSPS) is 11.4. The second kappa shape index (κ2) is 4.45. The molecular formula is C9H8N8S. The van der Waals surface area contributed by atoms with Crippen molar-refractivity contribution in [2.45, 2.75) is 6.92 Å². The van der Waals surface area contributed by atoms with Crippen LogP contribution in [0.2, 0.25) is 0 Å². The number of nitrogens with zero attached hydrogens (tertiary/aromatic N) is 6. The molecule has 2 heterocycles. The van der Waals surface area contributed by atoms with Crippen LogP contribution in [0.15, 0.2) is 17.2 Å². The van der Waals surface area contributed by atoms with Gasteiger partial charge >= 0.3 is 0 Å². The van der Waals surface area contributed by atoms with Gasteiger partial charge in [0.05, 0.1) is 17.9 Å². The molecule has 0 saturated heterocycles. The Morgan fingerprint density at radius 3 is 3.06 bits per heavy atom. The lowest BCUT2D eigenvalue weighted by Crippen LogP contribution is -1.93. The van der Waals surface area contributed by atoms with Crippen molar-refractivity contribution in [3.8, 4) is 0 Å². The number of nitrogens with one attached hydrogen (secondary N) is 2. The molecular weight excluding hydrogens is 252 g/mol. The van der Waals surface area contributed by atoms with E-state index in [0.717, 1.165) is 22.2 Å². The molecule has 2 aromatic heterocycles. The Balaban J connectivity index is 1.88. The first kappa shape index (κ1) is 10.7. The zero-order valence-electron chi connectivity index (χ0n) is 9.32. The van der Waals surface area contributed by atoms with E-state index < -0.39 is 0 Å². The number of aryl methyl sites for hydroxylation is 1. The summed E-state index contributed by atoms with van der Waals surface area (Å²) in [6, 6.07) is 3.93. The van der Waals surface area contributed by atoms with Crippen LogP contribution in [0, 0.1) is 6.92 Å². The molecule has 0 aliphatic rings. The monoisotopic (exact) mass is 260 g/mol. The van der Waals surface area contributed by atoms with Crippen LogP contribution in [-0.2, 0) is 0 Å². The molecule has 0 atom stereocenters. The molecule has 0 unspecified atom stereocenters. The van der Waals surface area contributed by atoms with Crippen molar-refractivity contribution in [1.82, 2.24) is 29.4 Å². The van der Waals surface area contributed by atoms with E-state index in [0.29, 0.717) is 5.95 Å². The highest BCUT2D eigenvalue weighted by Crippen LogP contribution is 2.19. The molecule has 18 heavy (non-hydrogen) atoms. The quantitative estimate of drug-likeness (QED) is 0.537. The largest absolute Gasteiger partial charge is 0.283 e. The Bertz CT molecular complexity index is 686. The van der Waals surface area contributed by atoms with E-state index in [-0.39, 0.29) is 0 Å². The molecule has 3 aromatic rings. The molecule has 0 amide bonds. The highest BCUT2D eigenvalue weighted by molar-refractivity contribution is 7.00. The Labute approximate surface area is 105 Å². The maximum atomic E-state index is 4.26. The zero-order valence-corrected chi connectivity index (χ0v) is 10.1. The standard InChI is InChI=1S/C9H8N8S/c1-5-2-3-6(8-7(5)14-18-15-8)4-10-11-9-12-16-17-13-9/h2-4H,1H3,(H2,11,12,13,16,17)/b10-4-. The number of anilines is 1. The molecule has 0 fully saturated rings. The average molecular weight is 260 g/mol. The first-order chi connectivity index (χ1) is 8.84. The van der Waals surface area contributed by atoms with E-state index in [9.17, 15) is 0 Å². The average Bonchev–Trinajstić information content (AvgIpc) is 3.02. The third-order valence-corrected chi connectivity index (χ3v) is 2.89. The molecule has 0 saturated carbocycles. The summed E-state index contributed by atoms with van der Waals surface area (Å²) >= 11 is 1.19. The van der Waals surface area contributed by atoms with Crippen LogP contribution in [0.4, 0.5) is 5.95 Å². The maximum absolute atomic E-state index is 4.26. The Morgan fingerprint density at radius 2 is 2.22 bits per heavy atom. The summed E-state index contributed by atoms with van der Waals surface area (Å²) in [5.74, 6) is 0.311. The fraction of sp³-hybridized carbons (Fsp3) is 0.111. The lowest BCUT2D eigenvalue weighted by Gasteiger charge is -1.97. The summed E-state index contributed by atoms with van der Waals surface area (Å²) in [5.41, 5.74) is 6.39. The van der Waals surface area contributed by atoms with Gasteiger partial charge in [0.15, 0.2) is 0 Å². The van der Waals surface area contributed by atoms with Crippen molar-refractivity contribution >= 4 is 34.9 Å². The van der Waals surface area contributed by atoms with Gasteiger partial charge in [0.2, 0.25) is 0 Å². The zero-order chi connectivity index (χ0) is 12.4. The molecule has 0 bridgehead atoms. The number of aromatic amines is 1. The molecule has 0 radical (unpaired) electrons. The summed E-state index contributed by atoms with van der Waals surface area (Å²) in [6.07, 6.45) is 1.65. The summed E-state index contributed by atoms with van der Waals surface area (Å²) in [7, 11) is 0. The van der Waals surface area contributed by atoms with Crippen LogP contribution in [0.1, 0.15) is 11.1 Å². The summed E-state index contributed by atoms with van der Waals surface area (Å²) in [6.45, 7) is 2.00. The van der Waals surface area contributed by atoms with Crippen molar-refractivity contribution in [1.29, 1.82) is 0 Å². The number of fused-ring (bicyclic) bond motifs is 1. The first-order valence-electron chi connectivity index (χ1n) is 5.09. The predicted octanol–water partition coefficient (Wildman–Crippen LogP) is 0.959. The second-order valence-corrected chi connectivity index (χ2v) is 4.07. The number of benzene rings is 1. The second-order valence-electron chi connectivity index (χ2n) is 3.54. The lowest BCUT2D eigenvalue weighted by molar-refractivity contribution is 0.881. The number of hydrogen-bond acceptors (Lipinski definition) is 8. The van der Waals surface area contributed by atoms with Gasteiger partial charge in [-0.25, -0.2) is 5.43 Å². The van der Waals surface area contributed by atoms with Crippen LogP contribution < -0.4 is 5.43 Å². The minimum absolute atomic E-state index is 0.311. The third kappa shape index (κ3) is 1.91. The number of rotatable bonds is 3. The number of aromatic nitrogens is 6. The maximum Gasteiger partial charge on any atom is 0.283 e. The molecule has 90 valence electrons. The van der Waals surface area contributed by atoms with Gasteiger partial charge in [-0.2, -0.15) is 19.1 Å². The van der Waals surface area contributed by atoms with Gasteiger partial charge in [0, 0.05) is 5.56 Å². The van der Waals surface area contributed by atoms with Crippen molar-refractivity contribution in [3.63, 3.8) is 0 Å². The van der Waals surface area contributed by atoms with Crippen molar-refractivity contribution in [2.75, 3.05) is 5.43 Å². The number of H-pyrrole nitrogens is 1. The van der Waals surface area contributed by atoms with Crippen molar-refractivity contribution in [3.05, 3.63) is 23.3 Å². The Morgan fingerprint density at radius 1 is 1.33 bits per heavy atom. The van der Waals surface area contributed by atoms with Crippen LogP contribution in [0.3, 0.4) is 0 Å². The molecule has 1 aromatic carbocycles. The van der Waals surface area contributed by atoms with Crippen LogP contribution in [-0.4, -0.2) is 35.6 Å². The molecule has 8 nitrogen and oxygen atoms in total. The Kier molecular flexibility index (Phi) is 2.65. The SMILES string of the molecule is Cc1ccc(/C=N\Nc2nn[nH]n2)c2nsnc12. The molecule has 2 N–H and O–H groups in total. The minimum Gasteiger partial charge on any atom is -0.243 e. The van der Waals surface area contributed by atoms with E-state index >= 15 is 0 Å². The smallest absolute Gasteiger partial charge is 0.243 e. The van der Waals surface area contributed by atoms with Gasteiger partial charge in [0.25, 0.3) is 5.95 Å². The van der Waals surface area contributed by atoms with Crippen molar-refractivity contribution < 1.29 is 0 Å². The van der Waals surface area contributed by atoms with Gasteiger partial charge in [-0.05, 0) is 17.7 Å². The van der Waals surface area contributed by atoms with Crippen LogP contribution in [0.5, 0.6) is 0 Å².